The van der Waals surface area contributed by atoms with Crippen LogP contribution in [0.1, 0.15) is 46.5 Å². The molecule has 0 amide bonds. The first-order valence-electron chi connectivity index (χ1n) is 11.3. The second-order valence-corrected chi connectivity index (χ2v) is 10.0. The van der Waals surface area contributed by atoms with Crippen molar-refractivity contribution in [3.8, 4) is 0 Å². The number of fused-ring (bicyclic) bond motifs is 5. The van der Waals surface area contributed by atoms with E-state index < -0.39 is 47.3 Å². The Morgan fingerprint density at radius 1 is 1.31 bits per heavy atom. The van der Waals surface area contributed by atoms with Gasteiger partial charge in [-0.3, -0.25) is 9.59 Å². The fourth-order valence-corrected chi connectivity index (χ4v) is 7.42. The summed E-state index contributed by atoms with van der Waals surface area (Å²) in [6.07, 6.45) is 2.14. The van der Waals surface area contributed by atoms with Crippen LogP contribution in [-0.2, 0) is 19.1 Å². The van der Waals surface area contributed by atoms with Gasteiger partial charge in [0.05, 0.1) is 12.7 Å². The molecular formula is C24H31FO7. The Hall–Kier alpha value is -2.06. The van der Waals surface area contributed by atoms with Crippen molar-refractivity contribution in [2.24, 2.45) is 28.6 Å². The van der Waals surface area contributed by atoms with Gasteiger partial charge in [-0.15, -0.1) is 0 Å². The van der Waals surface area contributed by atoms with Crippen LogP contribution in [0.5, 0.6) is 0 Å². The number of halogens is 1. The van der Waals surface area contributed by atoms with Crippen LogP contribution in [-0.4, -0.2) is 59.0 Å². The number of carbonyl (C=O) groups is 3. The van der Waals surface area contributed by atoms with E-state index in [0.29, 0.717) is 12.0 Å². The number of alkyl halides is 1. The van der Waals surface area contributed by atoms with Gasteiger partial charge < -0.3 is 19.7 Å². The van der Waals surface area contributed by atoms with Crippen LogP contribution in [0.15, 0.2) is 23.8 Å². The Kier molecular flexibility index (Phi) is 5.61. The number of hydrogen-bond acceptors (Lipinski definition) is 7. The number of hydrogen-bond donors (Lipinski definition) is 2. The minimum atomic E-state index is -1.65. The fraction of sp³-hybridized carbons (Fsp3) is 0.708. The molecule has 0 heterocycles. The van der Waals surface area contributed by atoms with Gasteiger partial charge in [-0.2, -0.15) is 0 Å². The molecule has 32 heavy (non-hydrogen) atoms. The normalized spacial score (nSPS) is 44.8. The summed E-state index contributed by atoms with van der Waals surface area (Å²) in [7, 11) is 0. The maximum Gasteiger partial charge on any atom is 0.509 e. The first-order valence-corrected chi connectivity index (χ1v) is 11.3. The van der Waals surface area contributed by atoms with E-state index in [9.17, 15) is 24.6 Å². The van der Waals surface area contributed by atoms with Gasteiger partial charge in [-0.1, -0.05) is 19.9 Å². The first-order chi connectivity index (χ1) is 15.0. The molecule has 1 unspecified atom stereocenters. The van der Waals surface area contributed by atoms with Crippen molar-refractivity contribution in [3.63, 3.8) is 0 Å². The third-order valence-corrected chi connectivity index (χ3v) is 8.71. The van der Waals surface area contributed by atoms with E-state index in [1.807, 2.05) is 6.92 Å². The summed E-state index contributed by atoms with van der Waals surface area (Å²) in [5.41, 5.74) is -3.06. The monoisotopic (exact) mass is 450 g/mol. The van der Waals surface area contributed by atoms with Gasteiger partial charge in [0.1, 0.15) is 12.8 Å². The predicted molar refractivity (Wildman–Crippen MR) is 111 cm³/mol. The van der Waals surface area contributed by atoms with E-state index >= 15 is 4.39 Å². The highest BCUT2D eigenvalue weighted by Gasteiger charge is 2.71. The highest BCUT2D eigenvalue weighted by Crippen LogP contribution is 2.68. The summed E-state index contributed by atoms with van der Waals surface area (Å²) in [5, 5.41) is 21.1. The highest BCUT2D eigenvalue weighted by atomic mass is 19.1. The smallest absolute Gasteiger partial charge is 0.435 e. The van der Waals surface area contributed by atoms with E-state index in [1.165, 1.54) is 12.2 Å². The molecule has 4 rings (SSSR count). The Labute approximate surface area is 186 Å². The van der Waals surface area contributed by atoms with Crippen molar-refractivity contribution < 1.29 is 38.5 Å². The van der Waals surface area contributed by atoms with Crippen molar-refractivity contribution in [3.05, 3.63) is 23.8 Å². The number of carbonyl (C=O) groups excluding carboxylic acids is 3. The van der Waals surface area contributed by atoms with E-state index in [2.05, 4.69) is 0 Å². The molecule has 0 aromatic heterocycles. The Morgan fingerprint density at radius 2 is 2.03 bits per heavy atom. The minimum Gasteiger partial charge on any atom is -0.435 e. The number of ketones is 2. The highest BCUT2D eigenvalue weighted by molar-refractivity contribution is 6.01. The third kappa shape index (κ3) is 3.02. The maximum atomic E-state index is 15.4. The summed E-state index contributed by atoms with van der Waals surface area (Å²) >= 11 is 0. The molecule has 0 saturated heterocycles. The molecule has 4 aliphatic rings. The number of Topliss-reactive ketones (excluding diaryl/α,β-unsaturated/α-hetero) is 1. The van der Waals surface area contributed by atoms with Crippen molar-refractivity contribution >= 4 is 17.7 Å². The molecule has 3 saturated carbocycles. The molecule has 8 atom stereocenters. The zero-order valence-electron chi connectivity index (χ0n) is 18.7. The molecule has 0 aromatic carbocycles. The van der Waals surface area contributed by atoms with Crippen LogP contribution in [0.2, 0.25) is 0 Å². The zero-order valence-corrected chi connectivity index (χ0v) is 18.7. The maximum absolute atomic E-state index is 15.4. The Morgan fingerprint density at radius 3 is 2.69 bits per heavy atom. The number of allylic oxidation sites excluding steroid dienone is 4. The number of aliphatic hydroxyl groups is 2. The van der Waals surface area contributed by atoms with Gasteiger partial charge in [-0.05, 0) is 62.2 Å². The van der Waals surface area contributed by atoms with Gasteiger partial charge in [0.25, 0.3) is 0 Å². The quantitative estimate of drug-likeness (QED) is 0.634. The van der Waals surface area contributed by atoms with E-state index in [0.717, 1.165) is 0 Å². The largest absolute Gasteiger partial charge is 0.509 e. The second kappa shape index (κ2) is 7.76. The summed E-state index contributed by atoms with van der Waals surface area (Å²) in [4.78, 5) is 37.2. The molecule has 0 bridgehead atoms. The summed E-state index contributed by atoms with van der Waals surface area (Å²) < 4.78 is 25.9. The SMILES string of the molecule is CCOC(=O)O[C@]1(C(=O)CO)CC[C@H]2[C@@H]3C[C@H](F)C4=CC(=O)C=C[C@]4(C)[C@H]3C(O)C[C@@]21C. The van der Waals surface area contributed by atoms with E-state index in [1.54, 1.807) is 19.9 Å². The van der Waals surface area contributed by atoms with Gasteiger partial charge in [0.15, 0.2) is 11.4 Å². The van der Waals surface area contributed by atoms with Crippen LogP contribution in [0, 0.1) is 28.6 Å². The molecule has 4 aliphatic carbocycles. The molecule has 0 spiro atoms. The van der Waals surface area contributed by atoms with Gasteiger partial charge in [0.2, 0.25) is 5.78 Å². The van der Waals surface area contributed by atoms with Gasteiger partial charge in [0, 0.05) is 16.7 Å². The van der Waals surface area contributed by atoms with Crippen molar-refractivity contribution in [2.45, 2.75) is 64.3 Å². The molecule has 0 aliphatic heterocycles. The van der Waals surface area contributed by atoms with Crippen molar-refractivity contribution in [1.29, 1.82) is 0 Å². The lowest BCUT2D eigenvalue weighted by Gasteiger charge is -2.60. The molecule has 2 N–H and O–H groups in total. The number of aliphatic hydroxyl groups excluding tert-OH is 2. The van der Waals surface area contributed by atoms with Gasteiger partial charge >= 0.3 is 6.16 Å². The molecular weight excluding hydrogens is 419 g/mol. The molecule has 0 radical (unpaired) electrons. The minimum absolute atomic E-state index is 0.0672. The summed E-state index contributed by atoms with van der Waals surface area (Å²) in [6.45, 7) is 4.52. The van der Waals surface area contributed by atoms with Crippen LogP contribution in [0.25, 0.3) is 0 Å². The van der Waals surface area contributed by atoms with Crippen molar-refractivity contribution in [1.82, 2.24) is 0 Å². The van der Waals surface area contributed by atoms with Crippen molar-refractivity contribution in [2.75, 3.05) is 13.2 Å². The molecule has 7 nitrogen and oxygen atoms in total. The topological polar surface area (TPSA) is 110 Å². The lowest BCUT2D eigenvalue weighted by molar-refractivity contribution is -0.185. The van der Waals surface area contributed by atoms with E-state index in [-0.39, 0.29) is 49.4 Å². The standard InChI is InChI=1S/C24H31FO7/c1-4-31-21(30)32-24(19(29)12-26)8-6-15-14-10-17(25)16-9-13(27)5-7-22(16,2)20(14)18(28)11-23(15,24)3/h5,7,9,14-15,17-18,20,26,28H,4,6,8,10-12H2,1-3H3/t14-,15-,17-,18?,20+,22-,23-,24-/m0/s1. The van der Waals surface area contributed by atoms with Gasteiger partial charge in [-0.25, -0.2) is 9.18 Å². The molecule has 0 aromatic rings. The molecule has 8 heteroatoms. The molecule has 3 fully saturated rings. The lowest BCUT2D eigenvalue weighted by Crippen LogP contribution is -2.63. The predicted octanol–water partition coefficient (Wildman–Crippen LogP) is 2.69. The lowest BCUT2D eigenvalue weighted by atomic mass is 9.46. The summed E-state index contributed by atoms with van der Waals surface area (Å²) in [5.74, 6) is -1.75. The average molecular weight is 451 g/mol. The van der Waals surface area contributed by atoms with Crippen LogP contribution in [0.3, 0.4) is 0 Å². The van der Waals surface area contributed by atoms with Crippen LogP contribution in [0.4, 0.5) is 9.18 Å². The Bertz CT molecular complexity index is 897. The summed E-state index contributed by atoms with van der Waals surface area (Å²) in [6, 6.07) is 0. The molecule has 176 valence electrons. The van der Waals surface area contributed by atoms with Crippen LogP contribution < -0.4 is 0 Å². The number of rotatable bonds is 4. The average Bonchev–Trinajstić information content (AvgIpc) is 3.01. The zero-order chi connectivity index (χ0) is 23.5. The third-order valence-electron chi connectivity index (χ3n) is 8.71. The number of ether oxygens (including phenoxy) is 2. The first kappa shape index (κ1) is 23.1. The van der Waals surface area contributed by atoms with E-state index in [4.69, 9.17) is 9.47 Å². The fourth-order valence-electron chi connectivity index (χ4n) is 7.42. The van der Waals surface area contributed by atoms with Crippen LogP contribution >= 0.6 is 0 Å². The second-order valence-electron chi connectivity index (χ2n) is 10.0. The Balaban J connectivity index is 1.76.